The molecule has 0 saturated heterocycles. The number of fused-ring (bicyclic) bond motifs is 4. The van der Waals surface area contributed by atoms with Crippen LogP contribution >= 0.6 is 0 Å². The number of amides is 1. The van der Waals surface area contributed by atoms with E-state index in [1.807, 2.05) is 0 Å². The molecule has 2 aromatic carbocycles. The van der Waals surface area contributed by atoms with Gasteiger partial charge in [0.1, 0.15) is 12.4 Å². The number of H-pyrrole nitrogens is 1. The Morgan fingerprint density at radius 2 is 2.07 bits per heavy atom. The number of nitrogens with one attached hydrogen (secondary N) is 2. The van der Waals surface area contributed by atoms with Crippen LogP contribution in [0.3, 0.4) is 0 Å². The number of rotatable bonds is 4. The van der Waals surface area contributed by atoms with E-state index in [4.69, 9.17) is 10.5 Å². The molecule has 0 radical (unpaired) electrons. The highest BCUT2D eigenvalue weighted by Crippen LogP contribution is 2.33. The Morgan fingerprint density at radius 1 is 1.20 bits per heavy atom. The van der Waals surface area contributed by atoms with Crippen molar-refractivity contribution in [1.82, 2.24) is 10.3 Å². The normalized spacial score (nSPS) is 20.5. The first kappa shape index (κ1) is 19.1. The average Bonchev–Trinajstić information content (AvgIpc) is 3.09. The van der Waals surface area contributed by atoms with E-state index in [-0.39, 0.29) is 17.6 Å². The summed E-state index contributed by atoms with van der Waals surface area (Å²) in [5.74, 6) is -0.737. The van der Waals surface area contributed by atoms with Crippen molar-refractivity contribution >= 4 is 16.8 Å². The van der Waals surface area contributed by atoms with Crippen LogP contribution in [-0.2, 0) is 19.3 Å². The van der Waals surface area contributed by atoms with Crippen LogP contribution in [0.25, 0.3) is 10.9 Å². The minimum atomic E-state index is -0.582. The maximum atomic E-state index is 14.1. The van der Waals surface area contributed by atoms with Gasteiger partial charge < -0.3 is 20.8 Å². The summed E-state index contributed by atoms with van der Waals surface area (Å²) in [6, 6.07) is 7.48. The summed E-state index contributed by atoms with van der Waals surface area (Å²) in [4.78, 5) is 15.1. The van der Waals surface area contributed by atoms with Crippen molar-refractivity contribution < 1.29 is 18.3 Å². The van der Waals surface area contributed by atoms with E-state index < -0.39 is 11.7 Å². The Bertz CT molecular complexity index is 1140. The van der Waals surface area contributed by atoms with Crippen LogP contribution in [-0.4, -0.2) is 30.1 Å². The maximum Gasteiger partial charge on any atom is 0.249 e. The monoisotopic (exact) mass is 411 g/mol. The van der Waals surface area contributed by atoms with Crippen molar-refractivity contribution in [1.29, 1.82) is 0 Å². The SMILES string of the molecule is NC(=O)c1ccc(F)c2c1C[C@@H](NC[C@H]1CCc3[nH]c4ccc(F)cc4c3C1)CO2. The highest BCUT2D eigenvalue weighted by Gasteiger charge is 2.28. The smallest absolute Gasteiger partial charge is 0.249 e. The molecular weight excluding hydrogens is 388 g/mol. The van der Waals surface area contributed by atoms with Crippen LogP contribution in [0.4, 0.5) is 8.78 Å². The lowest BCUT2D eigenvalue weighted by atomic mass is 9.86. The molecule has 3 aromatic rings. The van der Waals surface area contributed by atoms with Crippen LogP contribution < -0.4 is 15.8 Å². The number of primary amides is 1. The highest BCUT2D eigenvalue weighted by atomic mass is 19.1. The molecule has 1 aliphatic carbocycles. The van der Waals surface area contributed by atoms with Gasteiger partial charge in [0.15, 0.2) is 11.6 Å². The van der Waals surface area contributed by atoms with Crippen LogP contribution in [0.1, 0.15) is 33.6 Å². The van der Waals surface area contributed by atoms with Gasteiger partial charge in [-0.25, -0.2) is 8.78 Å². The van der Waals surface area contributed by atoms with Gasteiger partial charge in [-0.05, 0) is 74.0 Å². The molecule has 0 unspecified atom stereocenters. The maximum absolute atomic E-state index is 14.1. The van der Waals surface area contributed by atoms with E-state index in [0.29, 0.717) is 30.1 Å². The molecule has 5 nitrogen and oxygen atoms in total. The van der Waals surface area contributed by atoms with Crippen molar-refractivity contribution in [2.24, 2.45) is 11.7 Å². The molecule has 1 aromatic heterocycles. The first-order valence-corrected chi connectivity index (χ1v) is 10.3. The molecule has 5 rings (SSSR count). The van der Waals surface area contributed by atoms with Gasteiger partial charge >= 0.3 is 0 Å². The fourth-order valence-electron chi connectivity index (χ4n) is 4.78. The van der Waals surface area contributed by atoms with Gasteiger partial charge in [-0.1, -0.05) is 0 Å². The second-order valence-electron chi connectivity index (χ2n) is 8.27. The van der Waals surface area contributed by atoms with Crippen molar-refractivity contribution in [3.8, 4) is 5.75 Å². The number of hydrogen-bond donors (Lipinski definition) is 3. The zero-order valence-electron chi connectivity index (χ0n) is 16.4. The average molecular weight is 411 g/mol. The predicted octanol–water partition coefficient (Wildman–Crippen LogP) is 3.24. The molecule has 1 amide bonds. The molecule has 2 aliphatic rings. The summed E-state index contributed by atoms with van der Waals surface area (Å²) in [7, 11) is 0. The molecule has 2 heterocycles. The number of carbonyl (C=O) groups excluding carboxylic acids is 1. The Labute approximate surface area is 172 Å². The van der Waals surface area contributed by atoms with Crippen LogP contribution in [0.5, 0.6) is 5.75 Å². The van der Waals surface area contributed by atoms with Gasteiger partial charge in [-0.3, -0.25) is 4.79 Å². The highest BCUT2D eigenvalue weighted by molar-refractivity contribution is 5.95. The first-order chi connectivity index (χ1) is 14.5. The lowest BCUT2D eigenvalue weighted by Gasteiger charge is -2.30. The fraction of sp³-hybridized carbons (Fsp3) is 0.348. The predicted molar refractivity (Wildman–Crippen MR) is 110 cm³/mol. The van der Waals surface area contributed by atoms with Crippen molar-refractivity contribution in [3.63, 3.8) is 0 Å². The molecule has 0 saturated carbocycles. The molecule has 156 valence electrons. The quantitative estimate of drug-likeness (QED) is 0.617. The largest absolute Gasteiger partial charge is 0.489 e. The minimum Gasteiger partial charge on any atom is -0.489 e. The van der Waals surface area contributed by atoms with Gasteiger partial charge in [0.05, 0.1) is 0 Å². The third-order valence-corrected chi connectivity index (χ3v) is 6.30. The molecule has 0 spiro atoms. The molecule has 1 aliphatic heterocycles. The van der Waals surface area contributed by atoms with Crippen molar-refractivity contribution in [3.05, 3.63) is 64.4 Å². The molecule has 0 fully saturated rings. The zero-order chi connectivity index (χ0) is 20.8. The molecule has 7 heteroatoms. The van der Waals surface area contributed by atoms with Gasteiger partial charge in [-0.2, -0.15) is 0 Å². The summed E-state index contributed by atoms with van der Waals surface area (Å²) in [5.41, 5.74) is 9.66. The van der Waals surface area contributed by atoms with Crippen LogP contribution in [0.15, 0.2) is 30.3 Å². The Hall–Kier alpha value is -2.93. The Morgan fingerprint density at radius 3 is 2.90 bits per heavy atom. The van der Waals surface area contributed by atoms with E-state index >= 15 is 0 Å². The number of hydrogen-bond acceptors (Lipinski definition) is 3. The summed E-state index contributed by atoms with van der Waals surface area (Å²) >= 11 is 0. The third kappa shape index (κ3) is 3.33. The number of halogens is 2. The molecule has 4 N–H and O–H groups in total. The summed E-state index contributed by atoms with van der Waals surface area (Å²) in [6.07, 6.45) is 3.32. The van der Waals surface area contributed by atoms with Crippen molar-refractivity contribution in [2.75, 3.05) is 13.2 Å². The zero-order valence-corrected chi connectivity index (χ0v) is 16.4. The van der Waals surface area contributed by atoms with Gasteiger partial charge in [0.25, 0.3) is 0 Å². The lowest BCUT2D eigenvalue weighted by Crippen LogP contribution is -2.43. The number of aryl methyl sites for hydroxylation is 1. The van der Waals surface area contributed by atoms with Gasteiger partial charge in [-0.15, -0.1) is 0 Å². The number of ether oxygens (including phenoxy) is 1. The van der Waals surface area contributed by atoms with E-state index in [1.165, 1.54) is 29.5 Å². The number of aromatic amines is 1. The van der Waals surface area contributed by atoms with E-state index in [9.17, 15) is 13.6 Å². The summed E-state index contributed by atoms with van der Waals surface area (Å²) in [6.45, 7) is 1.11. The molecule has 2 atom stereocenters. The molecule has 0 bridgehead atoms. The first-order valence-electron chi connectivity index (χ1n) is 10.3. The topological polar surface area (TPSA) is 80.1 Å². The second-order valence-corrected chi connectivity index (χ2v) is 8.27. The third-order valence-electron chi connectivity index (χ3n) is 6.30. The fourth-order valence-corrected chi connectivity index (χ4v) is 4.78. The van der Waals surface area contributed by atoms with E-state index in [0.717, 1.165) is 36.7 Å². The van der Waals surface area contributed by atoms with Gasteiger partial charge in [0, 0.05) is 33.8 Å². The molecule has 30 heavy (non-hydrogen) atoms. The number of nitrogens with two attached hydrogens (primary N) is 1. The summed E-state index contributed by atoms with van der Waals surface area (Å²) in [5, 5.41) is 4.48. The van der Waals surface area contributed by atoms with Crippen molar-refractivity contribution in [2.45, 2.75) is 31.7 Å². The summed E-state index contributed by atoms with van der Waals surface area (Å²) < 4.78 is 33.4. The minimum absolute atomic E-state index is 0.0285. The lowest BCUT2D eigenvalue weighted by molar-refractivity contribution is 0.0997. The van der Waals surface area contributed by atoms with Crippen LogP contribution in [0, 0.1) is 17.6 Å². The van der Waals surface area contributed by atoms with Gasteiger partial charge in [0.2, 0.25) is 5.91 Å². The number of benzene rings is 2. The number of carbonyl (C=O) groups is 1. The number of aromatic nitrogens is 1. The Kier molecular flexibility index (Phi) is 4.70. The Balaban J connectivity index is 1.28. The second kappa shape index (κ2) is 7.40. The van der Waals surface area contributed by atoms with E-state index in [2.05, 4.69) is 10.3 Å². The van der Waals surface area contributed by atoms with E-state index in [1.54, 1.807) is 12.1 Å². The standard InChI is InChI=1S/C23H23F2N3O2/c24-13-2-6-21-17(8-13)16-7-12(1-5-20(16)28-21)10-27-14-9-18-15(23(26)29)3-4-19(25)22(18)30-11-14/h2-4,6,8,12,14,27-28H,1,5,7,9-11H2,(H2,26,29)/t12-,14+/m0/s1. The van der Waals surface area contributed by atoms with Crippen LogP contribution in [0.2, 0.25) is 0 Å². The molecular formula is C23H23F2N3O2.